The van der Waals surface area contributed by atoms with Crippen LogP contribution in [0.15, 0.2) is 24.3 Å². The average Bonchev–Trinajstić information content (AvgIpc) is 2.33. The van der Waals surface area contributed by atoms with Gasteiger partial charge in [0, 0.05) is 18.3 Å². The molecule has 0 amide bonds. The Morgan fingerprint density at radius 3 is 2.94 bits per heavy atom. The van der Waals surface area contributed by atoms with Crippen LogP contribution < -0.4 is 10.6 Å². The summed E-state index contributed by atoms with van der Waals surface area (Å²) in [6.45, 7) is 4.57. The number of nitriles is 1. The fourth-order valence-corrected chi connectivity index (χ4v) is 2.39. The van der Waals surface area contributed by atoms with Gasteiger partial charge in [0.2, 0.25) is 0 Å². The van der Waals surface area contributed by atoms with Crippen molar-refractivity contribution in [2.75, 3.05) is 11.4 Å². The summed E-state index contributed by atoms with van der Waals surface area (Å²) in [7, 11) is 0. The molecule has 2 rings (SSSR count). The zero-order chi connectivity index (χ0) is 12.5. The number of para-hydroxylation sites is 1. The van der Waals surface area contributed by atoms with E-state index in [9.17, 15) is 0 Å². The van der Waals surface area contributed by atoms with Crippen molar-refractivity contribution in [3.63, 3.8) is 0 Å². The van der Waals surface area contributed by atoms with Crippen LogP contribution in [0.5, 0.6) is 0 Å². The van der Waals surface area contributed by atoms with Gasteiger partial charge in [0.1, 0.15) is 5.54 Å². The molecule has 1 aromatic carbocycles. The third-order valence-electron chi connectivity index (χ3n) is 3.42. The molecule has 0 aliphatic carbocycles. The molecule has 1 heterocycles. The molecule has 17 heavy (non-hydrogen) atoms. The molecule has 2 N–H and O–H groups in total. The van der Waals surface area contributed by atoms with Crippen molar-refractivity contribution in [1.29, 1.82) is 5.26 Å². The number of nitrogens with two attached hydrogens (primary N) is 1. The largest absolute Gasteiger partial charge is 0.366 e. The lowest BCUT2D eigenvalue weighted by atomic mass is 9.94. The van der Waals surface area contributed by atoms with Gasteiger partial charge in [-0.3, -0.25) is 0 Å². The van der Waals surface area contributed by atoms with Crippen LogP contribution in [0.25, 0.3) is 0 Å². The number of hydrogen-bond acceptors (Lipinski definition) is 3. The Morgan fingerprint density at radius 1 is 1.53 bits per heavy atom. The standard InChI is InChI=1S/C14H19N3/c1-11-7-8-12-5-3-4-6-13(12)17(11)10-14(2,16)9-15/h3-6,11H,7-8,10,16H2,1-2H3. The molecule has 0 saturated heterocycles. The second kappa shape index (κ2) is 4.38. The van der Waals surface area contributed by atoms with Crippen molar-refractivity contribution < 1.29 is 0 Å². The van der Waals surface area contributed by atoms with Crippen LogP contribution in [-0.2, 0) is 6.42 Å². The van der Waals surface area contributed by atoms with Gasteiger partial charge in [0.05, 0.1) is 6.07 Å². The van der Waals surface area contributed by atoms with Crippen LogP contribution in [-0.4, -0.2) is 18.1 Å². The van der Waals surface area contributed by atoms with Crippen LogP contribution in [0.3, 0.4) is 0 Å². The average molecular weight is 229 g/mol. The smallest absolute Gasteiger partial charge is 0.119 e. The molecule has 3 nitrogen and oxygen atoms in total. The number of hydrogen-bond donors (Lipinski definition) is 1. The molecule has 1 aliphatic heterocycles. The van der Waals surface area contributed by atoms with Crippen LogP contribution in [0.2, 0.25) is 0 Å². The van der Waals surface area contributed by atoms with Crippen molar-refractivity contribution in [3.8, 4) is 6.07 Å². The quantitative estimate of drug-likeness (QED) is 0.844. The zero-order valence-electron chi connectivity index (χ0n) is 10.5. The monoisotopic (exact) mass is 229 g/mol. The minimum absolute atomic E-state index is 0.445. The van der Waals surface area contributed by atoms with Crippen molar-refractivity contribution in [3.05, 3.63) is 29.8 Å². The van der Waals surface area contributed by atoms with E-state index in [1.54, 1.807) is 6.92 Å². The van der Waals surface area contributed by atoms with E-state index >= 15 is 0 Å². The van der Waals surface area contributed by atoms with Gasteiger partial charge in [-0.1, -0.05) is 18.2 Å². The van der Waals surface area contributed by atoms with E-state index in [1.165, 1.54) is 11.3 Å². The van der Waals surface area contributed by atoms with E-state index in [4.69, 9.17) is 11.0 Å². The summed E-state index contributed by atoms with van der Waals surface area (Å²) in [4.78, 5) is 2.27. The van der Waals surface area contributed by atoms with Crippen molar-refractivity contribution in [2.24, 2.45) is 5.73 Å². The SMILES string of the molecule is CC1CCc2ccccc2N1CC(C)(N)C#N. The molecular formula is C14H19N3. The van der Waals surface area contributed by atoms with Crippen LogP contribution in [0.1, 0.15) is 25.8 Å². The molecule has 0 radical (unpaired) electrons. The molecule has 0 spiro atoms. The Balaban J connectivity index is 2.31. The summed E-state index contributed by atoms with van der Waals surface area (Å²) in [5.41, 5.74) is 7.77. The lowest BCUT2D eigenvalue weighted by Gasteiger charge is -2.39. The Labute approximate surface area is 103 Å². The number of anilines is 1. The van der Waals surface area contributed by atoms with Gasteiger partial charge >= 0.3 is 0 Å². The van der Waals surface area contributed by atoms with Crippen LogP contribution in [0.4, 0.5) is 5.69 Å². The van der Waals surface area contributed by atoms with Gasteiger partial charge in [-0.2, -0.15) is 5.26 Å². The fraction of sp³-hybridized carbons (Fsp3) is 0.500. The number of benzene rings is 1. The number of aryl methyl sites for hydroxylation is 1. The molecule has 1 aromatic rings. The van der Waals surface area contributed by atoms with Gasteiger partial charge in [-0.15, -0.1) is 0 Å². The molecule has 0 aromatic heterocycles. The second-order valence-corrected chi connectivity index (χ2v) is 5.17. The molecule has 90 valence electrons. The minimum atomic E-state index is -0.793. The molecular weight excluding hydrogens is 210 g/mol. The molecule has 3 heteroatoms. The Bertz CT molecular complexity index is 445. The van der Waals surface area contributed by atoms with Crippen molar-refractivity contribution >= 4 is 5.69 Å². The summed E-state index contributed by atoms with van der Waals surface area (Å²) < 4.78 is 0. The van der Waals surface area contributed by atoms with Crippen LogP contribution in [0, 0.1) is 11.3 Å². The van der Waals surface area contributed by atoms with Gasteiger partial charge < -0.3 is 10.6 Å². The second-order valence-electron chi connectivity index (χ2n) is 5.17. The highest BCUT2D eigenvalue weighted by molar-refractivity contribution is 5.57. The number of fused-ring (bicyclic) bond motifs is 1. The highest BCUT2D eigenvalue weighted by atomic mass is 15.2. The van der Waals surface area contributed by atoms with E-state index in [1.807, 2.05) is 6.07 Å². The van der Waals surface area contributed by atoms with Gasteiger partial charge in [0.25, 0.3) is 0 Å². The zero-order valence-corrected chi connectivity index (χ0v) is 10.5. The summed E-state index contributed by atoms with van der Waals surface area (Å²) in [5, 5.41) is 9.06. The van der Waals surface area contributed by atoms with E-state index in [2.05, 4.69) is 36.1 Å². The molecule has 0 bridgehead atoms. The highest BCUT2D eigenvalue weighted by Crippen LogP contribution is 2.31. The topological polar surface area (TPSA) is 53.0 Å². The maximum absolute atomic E-state index is 9.06. The van der Waals surface area contributed by atoms with E-state index < -0.39 is 5.54 Å². The maximum Gasteiger partial charge on any atom is 0.119 e. The number of rotatable bonds is 2. The third-order valence-corrected chi connectivity index (χ3v) is 3.42. The first-order chi connectivity index (χ1) is 8.03. The predicted octanol–water partition coefficient (Wildman–Crippen LogP) is 2.07. The molecule has 0 fully saturated rings. The molecule has 2 unspecified atom stereocenters. The maximum atomic E-state index is 9.06. The fourth-order valence-electron chi connectivity index (χ4n) is 2.39. The summed E-state index contributed by atoms with van der Waals surface area (Å²) in [6.07, 6.45) is 2.24. The van der Waals surface area contributed by atoms with Crippen molar-refractivity contribution in [2.45, 2.75) is 38.3 Å². The molecule has 0 saturated carbocycles. The van der Waals surface area contributed by atoms with E-state index in [0.29, 0.717) is 12.6 Å². The summed E-state index contributed by atoms with van der Waals surface area (Å²) >= 11 is 0. The van der Waals surface area contributed by atoms with E-state index in [-0.39, 0.29) is 0 Å². The third kappa shape index (κ3) is 2.42. The highest BCUT2D eigenvalue weighted by Gasteiger charge is 2.28. The van der Waals surface area contributed by atoms with Crippen molar-refractivity contribution in [1.82, 2.24) is 0 Å². The first-order valence-electron chi connectivity index (χ1n) is 6.08. The first-order valence-corrected chi connectivity index (χ1v) is 6.08. The Morgan fingerprint density at radius 2 is 2.24 bits per heavy atom. The normalized spacial score (nSPS) is 22.5. The lowest BCUT2D eigenvalue weighted by Crippen LogP contribution is -2.51. The summed E-state index contributed by atoms with van der Waals surface area (Å²) in [6, 6.07) is 11.0. The Hall–Kier alpha value is -1.53. The summed E-state index contributed by atoms with van der Waals surface area (Å²) in [5.74, 6) is 0. The first kappa shape index (κ1) is 11.9. The van der Waals surface area contributed by atoms with Gasteiger partial charge in [-0.05, 0) is 38.3 Å². The van der Waals surface area contributed by atoms with Gasteiger partial charge in [-0.25, -0.2) is 0 Å². The van der Waals surface area contributed by atoms with Gasteiger partial charge in [0.15, 0.2) is 0 Å². The van der Waals surface area contributed by atoms with Crippen LogP contribution >= 0.6 is 0 Å². The predicted molar refractivity (Wildman–Crippen MR) is 69.8 cm³/mol. The number of nitrogens with zero attached hydrogens (tertiary/aromatic N) is 2. The molecule has 1 aliphatic rings. The lowest BCUT2D eigenvalue weighted by molar-refractivity contribution is 0.495. The Kier molecular flexibility index (Phi) is 3.08. The minimum Gasteiger partial charge on any atom is -0.366 e. The van der Waals surface area contributed by atoms with E-state index in [0.717, 1.165) is 12.8 Å². The molecule has 2 atom stereocenters.